The zero-order valence-corrected chi connectivity index (χ0v) is 8.00. The van der Waals surface area contributed by atoms with Crippen molar-refractivity contribution in [1.82, 2.24) is 0 Å². The first-order chi connectivity index (χ1) is 6.63. The van der Waals surface area contributed by atoms with Crippen LogP contribution in [0.4, 0.5) is 11.4 Å². The number of rotatable bonds is 2. The molecule has 1 N–H and O–H groups in total. The summed E-state index contributed by atoms with van der Waals surface area (Å²) in [6.07, 6.45) is 1.44. The summed E-state index contributed by atoms with van der Waals surface area (Å²) < 4.78 is 0. The molecule has 0 atom stereocenters. The van der Waals surface area contributed by atoms with Crippen LogP contribution in [0, 0.1) is 6.92 Å². The summed E-state index contributed by atoms with van der Waals surface area (Å²) in [5.74, 6) is -0.196. The minimum absolute atomic E-state index is 0.196. The summed E-state index contributed by atoms with van der Waals surface area (Å²) in [7, 11) is 0. The topological polar surface area (TPSA) is 58.5 Å². The van der Waals surface area contributed by atoms with Crippen LogP contribution >= 0.6 is 0 Å². The fraction of sp³-hybridized carbons (Fsp3) is 0.200. The van der Waals surface area contributed by atoms with Gasteiger partial charge in [-0.3, -0.25) is 4.79 Å². The Morgan fingerprint density at radius 3 is 2.79 bits per heavy atom. The zero-order valence-electron chi connectivity index (χ0n) is 8.00. The molecule has 0 aromatic heterocycles. The number of carbonyl (C=O) groups excluding carboxylic acids is 2. The van der Waals surface area contributed by atoms with Crippen LogP contribution in [0.25, 0.3) is 0 Å². The van der Waals surface area contributed by atoms with Crippen molar-refractivity contribution in [2.75, 3.05) is 5.32 Å². The summed E-state index contributed by atoms with van der Waals surface area (Å²) in [5, 5.41) is 2.59. The first kappa shape index (κ1) is 10.2. The number of nitrogens with one attached hydrogen (secondary N) is 1. The number of hydrogen-bond acceptors (Lipinski definition) is 3. The number of benzene rings is 1. The Hall–Kier alpha value is -1.93. The molecule has 0 spiro atoms. The summed E-state index contributed by atoms with van der Waals surface area (Å²) in [6, 6.07) is 5.21. The van der Waals surface area contributed by atoms with E-state index in [4.69, 9.17) is 0 Å². The van der Waals surface area contributed by atoms with Gasteiger partial charge in [-0.2, -0.15) is 4.99 Å². The third kappa shape index (κ3) is 2.54. The van der Waals surface area contributed by atoms with E-state index in [2.05, 4.69) is 10.3 Å². The maximum Gasteiger partial charge on any atom is 0.240 e. The van der Waals surface area contributed by atoms with Crippen LogP contribution in [0.5, 0.6) is 0 Å². The van der Waals surface area contributed by atoms with Crippen molar-refractivity contribution in [2.24, 2.45) is 4.99 Å². The maximum atomic E-state index is 10.8. The fourth-order valence-electron chi connectivity index (χ4n) is 1.09. The van der Waals surface area contributed by atoms with Gasteiger partial charge in [-0.05, 0) is 24.6 Å². The highest BCUT2D eigenvalue weighted by Crippen LogP contribution is 2.25. The second-order valence-electron chi connectivity index (χ2n) is 2.90. The molecule has 1 aromatic carbocycles. The maximum absolute atomic E-state index is 10.8. The standard InChI is InChI=1S/C10H10N2O2/c1-7-3-4-9(11-6-13)10(5-7)12-8(2)14/h3-5H,1-2H3,(H,12,14). The smallest absolute Gasteiger partial charge is 0.240 e. The molecule has 0 saturated heterocycles. The fourth-order valence-corrected chi connectivity index (χ4v) is 1.09. The van der Waals surface area contributed by atoms with Gasteiger partial charge in [-0.25, -0.2) is 4.79 Å². The van der Waals surface area contributed by atoms with Crippen LogP contribution in [0.15, 0.2) is 23.2 Å². The highest BCUT2D eigenvalue weighted by molar-refractivity contribution is 5.92. The van der Waals surface area contributed by atoms with Gasteiger partial charge in [0.2, 0.25) is 12.0 Å². The lowest BCUT2D eigenvalue weighted by Crippen LogP contribution is -2.05. The van der Waals surface area contributed by atoms with Gasteiger partial charge in [-0.15, -0.1) is 0 Å². The van der Waals surface area contributed by atoms with Gasteiger partial charge in [0.1, 0.15) is 0 Å². The van der Waals surface area contributed by atoms with E-state index in [9.17, 15) is 9.59 Å². The third-order valence-corrected chi connectivity index (χ3v) is 1.63. The summed E-state index contributed by atoms with van der Waals surface area (Å²) in [6.45, 7) is 3.29. The minimum Gasteiger partial charge on any atom is -0.324 e. The summed E-state index contributed by atoms with van der Waals surface area (Å²) in [5.41, 5.74) is 1.93. The van der Waals surface area contributed by atoms with Gasteiger partial charge in [0.25, 0.3) is 0 Å². The lowest BCUT2D eigenvalue weighted by atomic mass is 10.2. The highest BCUT2D eigenvalue weighted by Gasteiger charge is 2.02. The molecule has 0 unspecified atom stereocenters. The van der Waals surface area contributed by atoms with Crippen LogP contribution in [0.1, 0.15) is 12.5 Å². The van der Waals surface area contributed by atoms with Gasteiger partial charge in [0.05, 0.1) is 11.4 Å². The van der Waals surface area contributed by atoms with Gasteiger partial charge < -0.3 is 5.32 Å². The number of isocyanates is 1. The Morgan fingerprint density at radius 1 is 1.50 bits per heavy atom. The summed E-state index contributed by atoms with van der Waals surface area (Å²) >= 11 is 0. The van der Waals surface area contributed by atoms with Crippen LogP contribution in [0.3, 0.4) is 0 Å². The molecule has 0 aliphatic heterocycles. The molecule has 0 heterocycles. The quantitative estimate of drug-likeness (QED) is 0.572. The first-order valence-corrected chi connectivity index (χ1v) is 4.09. The zero-order chi connectivity index (χ0) is 10.6. The predicted octanol–water partition coefficient (Wildman–Crippen LogP) is 1.92. The molecule has 4 nitrogen and oxygen atoms in total. The van der Waals surface area contributed by atoms with E-state index in [-0.39, 0.29) is 5.91 Å². The lowest BCUT2D eigenvalue weighted by Gasteiger charge is -2.05. The molecular formula is C10H10N2O2. The second-order valence-corrected chi connectivity index (χ2v) is 2.90. The van der Waals surface area contributed by atoms with E-state index in [1.807, 2.05) is 13.0 Å². The minimum atomic E-state index is -0.196. The summed E-state index contributed by atoms with van der Waals surface area (Å²) in [4.78, 5) is 24.4. The first-order valence-electron chi connectivity index (χ1n) is 4.09. The molecule has 1 rings (SSSR count). The molecule has 0 aliphatic rings. The monoisotopic (exact) mass is 190 g/mol. The van der Waals surface area contributed by atoms with Gasteiger partial charge in [0.15, 0.2) is 0 Å². The van der Waals surface area contributed by atoms with Gasteiger partial charge in [-0.1, -0.05) is 6.07 Å². The van der Waals surface area contributed by atoms with Crippen LogP contribution < -0.4 is 5.32 Å². The number of hydrogen-bond donors (Lipinski definition) is 1. The molecule has 1 amide bonds. The van der Waals surface area contributed by atoms with Crippen molar-refractivity contribution in [2.45, 2.75) is 13.8 Å². The Bertz CT molecular complexity index is 407. The number of carbonyl (C=O) groups is 1. The second kappa shape index (κ2) is 4.35. The Morgan fingerprint density at radius 2 is 2.21 bits per heavy atom. The van der Waals surface area contributed by atoms with E-state index >= 15 is 0 Å². The molecule has 14 heavy (non-hydrogen) atoms. The number of amides is 1. The predicted molar refractivity (Wildman–Crippen MR) is 53.3 cm³/mol. The Kier molecular flexibility index (Phi) is 3.15. The largest absolute Gasteiger partial charge is 0.324 e. The van der Waals surface area contributed by atoms with E-state index in [0.717, 1.165) is 5.56 Å². The van der Waals surface area contributed by atoms with Crippen molar-refractivity contribution in [3.05, 3.63) is 23.8 Å². The molecule has 0 fully saturated rings. The van der Waals surface area contributed by atoms with Crippen molar-refractivity contribution in [3.8, 4) is 0 Å². The molecule has 4 heteroatoms. The Balaban J connectivity index is 3.14. The van der Waals surface area contributed by atoms with Gasteiger partial charge in [0, 0.05) is 6.92 Å². The third-order valence-electron chi connectivity index (χ3n) is 1.63. The van der Waals surface area contributed by atoms with Crippen molar-refractivity contribution in [3.63, 3.8) is 0 Å². The average Bonchev–Trinajstić information content (AvgIpc) is 2.09. The van der Waals surface area contributed by atoms with Crippen molar-refractivity contribution < 1.29 is 9.59 Å². The molecule has 72 valence electrons. The Labute approximate surface area is 81.7 Å². The molecular weight excluding hydrogens is 180 g/mol. The molecule has 0 aliphatic carbocycles. The molecule has 0 bridgehead atoms. The van der Waals surface area contributed by atoms with Crippen LogP contribution in [-0.2, 0) is 9.59 Å². The highest BCUT2D eigenvalue weighted by atomic mass is 16.1. The van der Waals surface area contributed by atoms with E-state index in [0.29, 0.717) is 11.4 Å². The number of aryl methyl sites for hydroxylation is 1. The average molecular weight is 190 g/mol. The normalized spacial score (nSPS) is 9.00. The number of anilines is 1. The lowest BCUT2D eigenvalue weighted by molar-refractivity contribution is -0.114. The van der Waals surface area contributed by atoms with Crippen LogP contribution in [-0.4, -0.2) is 12.0 Å². The molecule has 0 saturated carbocycles. The van der Waals surface area contributed by atoms with Crippen LogP contribution in [0.2, 0.25) is 0 Å². The number of aliphatic imine (C=N–C) groups is 1. The SMILES string of the molecule is CC(=O)Nc1cc(C)ccc1N=C=O. The van der Waals surface area contributed by atoms with E-state index < -0.39 is 0 Å². The molecule has 1 aromatic rings. The van der Waals surface area contributed by atoms with Crippen molar-refractivity contribution >= 4 is 23.4 Å². The van der Waals surface area contributed by atoms with E-state index in [1.54, 1.807) is 12.1 Å². The molecule has 0 radical (unpaired) electrons. The van der Waals surface area contributed by atoms with E-state index in [1.165, 1.54) is 13.0 Å². The van der Waals surface area contributed by atoms with Gasteiger partial charge >= 0.3 is 0 Å². The number of nitrogens with zero attached hydrogens (tertiary/aromatic N) is 1. The van der Waals surface area contributed by atoms with Crippen molar-refractivity contribution in [1.29, 1.82) is 0 Å².